The van der Waals surface area contributed by atoms with Gasteiger partial charge in [-0.15, -0.1) is 0 Å². The highest BCUT2D eigenvalue weighted by atomic mass is 32.2. The van der Waals surface area contributed by atoms with Gasteiger partial charge in [0.25, 0.3) is 0 Å². The van der Waals surface area contributed by atoms with Gasteiger partial charge in [-0.3, -0.25) is 0 Å². The van der Waals surface area contributed by atoms with Crippen LogP contribution in [0, 0.1) is 10.8 Å². The minimum absolute atomic E-state index is 0.0589. The summed E-state index contributed by atoms with van der Waals surface area (Å²) < 4.78 is 32.3. The molecular weight excluding hydrogens is 274 g/mol. The van der Waals surface area contributed by atoms with E-state index in [0.29, 0.717) is 13.2 Å². The molecule has 1 N–H and O–H groups in total. The smallest absolute Gasteiger partial charge is 0.234 e. The fourth-order valence-electron chi connectivity index (χ4n) is 2.04. The zero-order valence-corrected chi connectivity index (χ0v) is 14.4. The molecule has 1 fully saturated rings. The summed E-state index contributed by atoms with van der Waals surface area (Å²) in [5.74, 6) is 0. The van der Waals surface area contributed by atoms with Gasteiger partial charge in [0.05, 0.1) is 13.2 Å². The van der Waals surface area contributed by atoms with E-state index >= 15 is 0 Å². The lowest BCUT2D eigenvalue weighted by Crippen LogP contribution is -2.45. The van der Waals surface area contributed by atoms with Crippen LogP contribution in [0.3, 0.4) is 0 Å². The molecule has 0 aliphatic heterocycles. The Kier molecular flexibility index (Phi) is 5.10. The second-order valence-electron chi connectivity index (χ2n) is 7.93. The number of sulfonamides is 1. The van der Waals surface area contributed by atoms with Crippen LogP contribution in [0.1, 0.15) is 54.4 Å². The standard InChI is InChI=1S/C15H29NO3S/c1-13(2,3)12-19-10-7-11-20(17,18)16-15(8-9-15)14(4,5)6/h7,11,16H,8-10,12H2,1-6H3/b11-7+. The van der Waals surface area contributed by atoms with Crippen molar-refractivity contribution in [3.8, 4) is 0 Å². The van der Waals surface area contributed by atoms with E-state index in [9.17, 15) is 8.42 Å². The van der Waals surface area contributed by atoms with Gasteiger partial charge in [-0.05, 0) is 29.7 Å². The molecule has 1 rings (SSSR count). The van der Waals surface area contributed by atoms with Gasteiger partial charge in [0.1, 0.15) is 0 Å². The lowest BCUT2D eigenvalue weighted by molar-refractivity contribution is 0.0910. The summed E-state index contributed by atoms with van der Waals surface area (Å²) in [4.78, 5) is 0. The van der Waals surface area contributed by atoms with Gasteiger partial charge in [-0.1, -0.05) is 41.5 Å². The highest BCUT2D eigenvalue weighted by molar-refractivity contribution is 7.92. The zero-order valence-electron chi connectivity index (χ0n) is 13.6. The average molecular weight is 303 g/mol. The second-order valence-corrected chi connectivity index (χ2v) is 9.49. The minimum atomic E-state index is -3.39. The van der Waals surface area contributed by atoms with Crippen LogP contribution < -0.4 is 4.72 Å². The summed E-state index contributed by atoms with van der Waals surface area (Å²) in [6, 6.07) is 0. The third-order valence-electron chi connectivity index (χ3n) is 3.55. The van der Waals surface area contributed by atoms with Crippen molar-refractivity contribution in [1.82, 2.24) is 4.72 Å². The Hall–Kier alpha value is -0.390. The van der Waals surface area contributed by atoms with E-state index in [-0.39, 0.29) is 16.4 Å². The molecule has 0 saturated heterocycles. The first-order chi connectivity index (χ1) is 8.87. The molecule has 0 aromatic rings. The lowest BCUT2D eigenvalue weighted by Gasteiger charge is -2.30. The Bertz CT molecular complexity index is 448. The number of nitrogens with one attached hydrogen (secondary N) is 1. The lowest BCUT2D eigenvalue weighted by atomic mass is 9.85. The molecule has 1 aliphatic rings. The van der Waals surface area contributed by atoms with Crippen LogP contribution in [-0.2, 0) is 14.8 Å². The maximum atomic E-state index is 12.0. The van der Waals surface area contributed by atoms with Crippen molar-refractivity contribution >= 4 is 10.0 Å². The van der Waals surface area contributed by atoms with Crippen LogP contribution in [0.15, 0.2) is 11.5 Å². The van der Waals surface area contributed by atoms with Crippen LogP contribution in [0.25, 0.3) is 0 Å². The first-order valence-corrected chi connectivity index (χ1v) is 8.70. The zero-order chi connectivity index (χ0) is 15.7. The summed E-state index contributed by atoms with van der Waals surface area (Å²) in [7, 11) is -3.39. The molecule has 0 heterocycles. The molecular formula is C15H29NO3S. The van der Waals surface area contributed by atoms with Crippen LogP contribution in [-0.4, -0.2) is 27.2 Å². The Morgan fingerprint density at radius 3 is 2.10 bits per heavy atom. The number of ether oxygens (including phenoxy) is 1. The van der Waals surface area contributed by atoms with Crippen molar-refractivity contribution in [1.29, 1.82) is 0 Å². The van der Waals surface area contributed by atoms with E-state index in [2.05, 4.69) is 46.3 Å². The fourth-order valence-corrected chi connectivity index (χ4v) is 3.49. The van der Waals surface area contributed by atoms with Gasteiger partial charge in [0.15, 0.2) is 0 Å². The predicted octanol–water partition coefficient (Wildman–Crippen LogP) is 3.06. The summed E-state index contributed by atoms with van der Waals surface area (Å²) in [5.41, 5.74) is -0.242. The highest BCUT2D eigenvalue weighted by Gasteiger charge is 2.53. The summed E-state index contributed by atoms with van der Waals surface area (Å²) in [6.07, 6.45) is 3.38. The molecule has 0 amide bonds. The quantitative estimate of drug-likeness (QED) is 0.767. The molecule has 0 radical (unpaired) electrons. The van der Waals surface area contributed by atoms with Gasteiger partial charge >= 0.3 is 0 Å². The third kappa shape index (κ3) is 5.54. The number of rotatable bonds is 6. The molecule has 20 heavy (non-hydrogen) atoms. The molecule has 0 aromatic heterocycles. The Morgan fingerprint density at radius 1 is 1.15 bits per heavy atom. The van der Waals surface area contributed by atoms with Gasteiger partial charge in [0.2, 0.25) is 10.0 Å². The number of hydrogen-bond acceptors (Lipinski definition) is 3. The fraction of sp³-hybridized carbons (Fsp3) is 0.867. The normalized spacial score (nSPS) is 19.5. The minimum Gasteiger partial charge on any atom is -0.377 e. The molecule has 0 aromatic carbocycles. The Morgan fingerprint density at radius 2 is 1.70 bits per heavy atom. The van der Waals surface area contributed by atoms with Crippen molar-refractivity contribution in [3.05, 3.63) is 11.5 Å². The molecule has 1 aliphatic carbocycles. The van der Waals surface area contributed by atoms with E-state index in [1.54, 1.807) is 6.08 Å². The molecule has 5 heteroatoms. The monoisotopic (exact) mass is 303 g/mol. The predicted molar refractivity (Wildman–Crippen MR) is 82.9 cm³/mol. The van der Waals surface area contributed by atoms with Crippen LogP contribution in [0.4, 0.5) is 0 Å². The molecule has 118 valence electrons. The SMILES string of the molecule is CC(C)(C)COC/C=C/S(=O)(=O)NC1(C(C)(C)C)CC1. The molecule has 0 bridgehead atoms. The third-order valence-corrected chi connectivity index (χ3v) is 4.77. The molecule has 0 spiro atoms. The van der Waals surface area contributed by atoms with Crippen molar-refractivity contribution in [2.75, 3.05) is 13.2 Å². The highest BCUT2D eigenvalue weighted by Crippen LogP contribution is 2.50. The van der Waals surface area contributed by atoms with Gasteiger partial charge in [-0.2, -0.15) is 0 Å². The van der Waals surface area contributed by atoms with Gasteiger partial charge in [0, 0.05) is 10.9 Å². The van der Waals surface area contributed by atoms with E-state index in [1.807, 2.05) is 0 Å². The van der Waals surface area contributed by atoms with Crippen molar-refractivity contribution in [3.63, 3.8) is 0 Å². The topological polar surface area (TPSA) is 55.4 Å². The first kappa shape index (κ1) is 17.7. The van der Waals surface area contributed by atoms with Crippen LogP contribution in [0.5, 0.6) is 0 Å². The summed E-state index contributed by atoms with van der Waals surface area (Å²) in [5, 5.41) is 1.22. The largest absolute Gasteiger partial charge is 0.377 e. The van der Waals surface area contributed by atoms with E-state index in [4.69, 9.17) is 4.74 Å². The maximum absolute atomic E-state index is 12.0. The van der Waals surface area contributed by atoms with E-state index < -0.39 is 10.0 Å². The second kappa shape index (κ2) is 5.78. The van der Waals surface area contributed by atoms with E-state index in [0.717, 1.165) is 12.8 Å². The van der Waals surface area contributed by atoms with Crippen molar-refractivity contribution < 1.29 is 13.2 Å². The molecule has 1 saturated carbocycles. The maximum Gasteiger partial charge on any atom is 0.234 e. The molecule has 4 nitrogen and oxygen atoms in total. The number of hydrogen-bond donors (Lipinski definition) is 1. The van der Waals surface area contributed by atoms with Gasteiger partial charge in [-0.25, -0.2) is 13.1 Å². The van der Waals surface area contributed by atoms with Crippen molar-refractivity contribution in [2.24, 2.45) is 10.8 Å². The van der Waals surface area contributed by atoms with Crippen LogP contribution in [0.2, 0.25) is 0 Å². The van der Waals surface area contributed by atoms with E-state index in [1.165, 1.54) is 5.41 Å². The van der Waals surface area contributed by atoms with Crippen LogP contribution >= 0.6 is 0 Å². The molecule has 0 unspecified atom stereocenters. The summed E-state index contributed by atoms with van der Waals surface area (Å²) in [6.45, 7) is 13.4. The summed E-state index contributed by atoms with van der Waals surface area (Å²) >= 11 is 0. The molecule has 0 atom stereocenters. The Labute approximate surface area is 124 Å². The van der Waals surface area contributed by atoms with Gasteiger partial charge < -0.3 is 4.74 Å². The Balaban J connectivity index is 2.47. The first-order valence-electron chi connectivity index (χ1n) is 7.15. The van der Waals surface area contributed by atoms with Crippen molar-refractivity contribution in [2.45, 2.75) is 59.9 Å². The average Bonchev–Trinajstić information content (AvgIpc) is 2.94.